The van der Waals surface area contributed by atoms with Crippen LogP contribution in [0.15, 0.2) is 23.7 Å². The molecule has 2 fully saturated rings. The third kappa shape index (κ3) is 2.24. The topological polar surface area (TPSA) is 36.4 Å². The molecule has 110 valence electrons. The smallest absolute Gasteiger partial charge is 0.253 e. The molecule has 0 aliphatic carbocycles. The summed E-state index contributed by atoms with van der Waals surface area (Å²) < 4.78 is 1.14. The van der Waals surface area contributed by atoms with Gasteiger partial charge in [-0.1, -0.05) is 0 Å². The zero-order valence-electron chi connectivity index (χ0n) is 12.2. The quantitative estimate of drug-likeness (QED) is 0.812. The Kier molecular flexibility index (Phi) is 3.19. The highest BCUT2D eigenvalue weighted by Gasteiger charge is 2.36. The zero-order valence-corrected chi connectivity index (χ0v) is 13.0. The van der Waals surface area contributed by atoms with E-state index in [4.69, 9.17) is 0 Å². The van der Waals surface area contributed by atoms with Crippen molar-refractivity contribution < 1.29 is 4.79 Å². The predicted octanol–water partition coefficient (Wildman–Crippen LogP) is 2.61. The molecule has 0 spiro atoms. The van der Waals surface area contributed by atoms with Crippen molar-refractivity contribution in [1.29, 1.82) is 0 Å². The lowest BCUT2D eigenvalue weighted by atomic mass is 10.1. The van der Waals surface area contributed by atoms with Gasteiger partial charge in [-0.15, -0.1) is 11.3 Å². The predicted molar refractivity (Wildman–Crippen MR) is 84.7 cm³/mol. The van der Waals surface area contributed by atoms with Crippen LogP contribution in [0.2, 0.25) is 0 Å². The highest BCUT2D eigenvalue weighted by molar-refractivity contribution is 7.16. The second-order valence-electron chi connectivity index (χ2n) is 6.13. The Morgan fingerprint density at radius 1 is 1.29 bits per heavy atom. The van der Waals surface area contributed by atoms with E-state index in [1.54, 1.807) is 11.3 Å². The number of likely N-dealkylation sites (N-methyl/N-ethyl adjacent to an activating group) is 1. The van der Waals surface area contributed by atoms with Gasteiger partial charge in [-0.05, 0) is 44.5 Å². The van der Waals surface area contributed by atoms with Crippen molar-refractivity contribution in [2.45, 2.75) is 31.3 Å². The van der Waals surface area contributed by atoms with Gasteiger partial charge in [0.25, 0.3) is 5.91 Å². The summed E-state index contributed by atoms with van der Waals surface area (Å²) in [6.45, 7) is 1.74. The van der Waals surface area contributed by atoms with Crippen molar-refractivity contribution in [2.75, 3.05) is 20.1 Å². The first-order valence-corrected chi connectivity index (χ1v) is 8.45. The van der Waals surface area contributed by atoms with E-state index < -0.39 is 0 Å². The van der Waals surface area contributed by atoms with Crippen molar-refractivity contribution in [3.05, 3.63) is 29.3 Å². The molecule has 0 radical (unpaired) electrons. The number of thiazole rings is 1. The molecule has 3 heterocycles. The molecule has 0 N–H and O–H groups in total. The summed E-state index contributed by atoms with van der Waals surface area (Å²) in [5.74, 6) is 0.158. The van der Waals surface area contributed by atoms with Crippen molar-refractivity contribution in [1.82, 2.24) is 14.8 Å². The maximum atomic E-state index is 12.8. The third-order valence-corrected chi connectivity index (χ3v) is 5.82. The fourth-order valence-corrected chi connectivity index (χ4v) is 4.33. The fourth-order valence-electron chi connectivity index (χ4n) is 3.67. The number of hydrogen-bond acceptors (Lipinski definition) is 4. The van der Waals surface area contributed by atoms with Crippen LogP contribution < -0.4 is 0 Å². The highest BCUT2D eigenvalue weighted by Crippen LogP contribution is 2.29. The second kappa shape index (κ2) is 5.07. The summed E-state index contributed by atoms with van der Waals surface area (Å²) in [4.78, 5) is 21.6. The largest absolute Gasteiger partial charge is 0.337 e. The molecule has 1 amide bonds. The number of hydrogen-bond donors (Lipinski definition) is 0. The average molecular weight is 301 g/mol. The minimum atomic E-state index is 0.158. The van der Waals surface area contributed by atoms with Gasteiger partial charge in [-0.2, -0.15) is 0 Å². The number of benzene rings is 1. The summed E-state index contributed by atoms with van der Waals surface area (Å²) in [6, 6.07) is 7.07. The van der Waals surface area contributed by atoms with Gasteiger partial charge in [0, 0.05) is 30.7 Å². The number of fused-ring (bicyclic) bond motifs is 3. The Bertz CT molecular complexity index is 683. The first-order valence-electron chi connectivity index (χ1n) is 7.57. The van der Waals surface area contributed by atoms with E-state index in [1.807, 2.05) is 28.6 Å². The highest BCUT2D eigenvalue weighted by atomic mass is 32.1. The van der Waals surface area contributed by atoms with Crippen LogP contribution in [0.25, 0.3) is 10.2 Å². The van der Waals surface area contributed by atoms with E-state index in [9.17, 15) is 4.79 Å². The van der Waals surface area contributed by atoms with Gasteiger partial charge in [0.05, 0.1) is 15.7 Å². The summed E-state index contributed by atoms with van der Waals surface area (Å²) in [6.07, 6.45) is 3.60. The first-order chi connectivity index (χ1) is 10.2. The third-order valence-electron chi connectivity index (χ3n) is 5.01. The normalized spacial score (nSPS) is 26.2. The van der Waals surface area contributed by atoms with Gasteiger partial charge < -0.3 is 4.90 Å². The Morgan fingerprint density at radius 2 is 2.14 bits per heavy atom. The zero-order chi connectivity index (χ0) is 14.4. The average Bonchev–Trinajstić information content (AvgIpc) is 3.02. The van der Waals surface area contributed by atoms with Gasteiger partial charge in [0.2, 0.25) is 0 Å². The molecule has 2 saturated heterocycles. The molecule has 21 heavy (non-hydrogen) atoms. The van der Waals surface area contributed by atoms with Gasteiger partial charge in [-0.3, -0.25) is 9.69 Å². The Balaban J connectivity index is 1.59. The number of amides is 1. The van der Waals surface area contributed by atoms with Crippen LogP contribution in [0, 0.1) is 0 Å². The maximum Gasteiger partial charge on any atom is 0.253 e. The molecule has 4 nitrogen and oxygen atoms in total. The molecule has 2 bridgehead atoms. The van der Waals surface area contributed by atoms with Crippen LogP contribution in [0.5, 0.6) is 0 Å². The number of likely N-dealkylation sites (tertiary alicyclic amines) is 1. The number of carbonyl (C=O) groups is 1. The molecule has 1 aromatic heterocycles. The Labute approximate surface area is 128 Å². The van der Waals surface area contributed by atoms with E-state index in [0.717, 1.165) is 35.3 Å². The van der Waals surface area contributed by atoms with E-state index in [0.29, 0.717) is 12.1 Å². The summed E-state index contributed by atoms with van der Waals surface area (Å²) in [5, 5.41) is 0. The molecular formula is C16H19N3OS. The molecular weight excluding hydrogens is 282 g/mol. The minimum Gasteiger partial charge on any atom is -0.337 e. The lowest BCUT2D eigenvalue weighted by Crippen LogP contribution is -2.39. The lowest BCUT2D eigenvalue weighted by molar-refractivity contribution is 0.0740. The number of aromatic nitrogens is 1. The molecule has 1 aromatic carbocycles. The van der Waals surface area contributed by atoms with Crippen LogP contribution in [-0.4, -0.2) is 52.9 Å². The SMILES string of the molecule is CN1[C@H]2CC[C@@H]1CN(C(=O)c1ccc3scnc3c1)CC2. The van der Waals surface area contributed by atoms with Gasteiger partial charge >= 0.3 is 0 Å². The summed E-state index contributed by atoms with van der Waals surface area (Å²) in [5.41, 5.74) is 3.53. The summed E-state index contributed by atoms with van der Waals surface area (Å²) in [7, 11) is 2.21. The molecule has 5 heteroatoms. The second-order valence-corrected chi connectivity index (χ2v) is 7.01. The summed E-state index contributed by atoms with van der Waals surface area (Å²) >= 11 is 1.61. The Hall–Kier alpha value is -1.46. The van der Waals surface area contributed by atoms with Crippen molar-refractivity contribution in [3.8, 4) is 0 Å². The lowest BCUT2D eigenvalue weighted by Gasteiger charge is -2.25. The van der Waals surface area contributed by atoms with Gasteiger partial charge in [0.15, 0.2) is 0 Å². The Morgan fingerprint density at radius 3 is 3.05 bits per heavy atom. The molecule has 2 aliphatic rings. The number of nitrogens with zero attached hydrogens (tertiary/aromatic N) is 3. The molecule has 2 aliphatic heterocycles. The van der Waals surface area contributed by atoms with Crippen LogP contribution in [0.1, 0.15) is 29.6 Å². The molecule has 4 rings (SSSR count). The van der Waals surface area contributed by atoms with Crippen LogP contribution in [-0.2, 0) is 0 Å². The monoisotopic (exact) mass is 301 g/mol. The van der Waals surface area contributed by atoms with E-state index in [-0.39, 0.29) is 5.91 Å². The van der Waals surface area contributed by atoms with E-state index in [1.165, 1.54) is 12.8 Å². The first kappa shape index (κ1) is 13.2. The maximum absolute atomic E-state index is 12.8. The van der Waals surface area contributed by atoms with Gasteiger partial charge in [-0.25, -0.2) is 4.98 Å². The van der Waals surface area contributed by atoms with E-state index in [2.05, 4.69) is 16.9 Å². The van der Waals surface area contributed by atoms with Crippen LogP contribution in [0.4, 0.5) is 0 Å². The number of carbonyl (C=O) groups excluding carboxylic acids is 1. The van der Waals surface area contributed by atoms with E-state index >= 15 is 0 Å². The fraction of sp³-hybridized carbons (Fsp3) is 0.500. The van der Waals surface area contributed by atoms with Crippen LogP contribution >= 0.6 is 11.3 Å². The molecule has 2 atom stereocenters. The van der Waals surface area contributed by atoms with Crippen molar-refractivity contribution >= 4 is 27.5 Å². The van der Waals surface area contributed by atoms with Crippen molar-refractivity contribution in [3.63, 3.8) is 0 Å². The molecule has 0 unspecified atom stereocenters. The van der Waals surface area contributed by atoms with Gasteiger partial charge in [0.1, 0.15) is 0 Å². The van der Waals surface area contributed by atoms with Crippen LogP contribution in [0.3, 0.4) is 0 Å². The minimum absolute atomic E-state index is 0.158. The molecule has 0 saturated carbocycles. The standard InChI is InChI=1S/C16H19N3OS/c1-18-12-3-4-13(18)9-19(7-6-12)16(20)11-2-5-15-14(8-11)17-10-21-15/h2,5,8,10,12-13H,3-4,6-7,9H2,1H3/t12-,13+/m0/s1. The van der Waals surface area contributed by atoms with Crippen molar-refractivity contribution in [2.24, 2.45) is 0 Å². The molecule has 2 aromatic rings. The number of rotatable bonds is 1.